The van der Waals surface area contributed by atoms with E-state index in [4.69, 9.17) is 4.74 Å². The Balaban J connectivity index is 1.47. The summed E-state index contributed by atoms with van der Waals surface area (Å²) in [6, 6.07) is 13.3. The summed E-state index contributed by atoms with van der Waals surface area (Å²) in [6.07, 6.45) is 2.97. The minimum Gasteiger partial charge on any atom is -0.456 e. The summed E-state index contributed by atoms with van der Waals surface area (Å²) in [5, 5.41) is 5.26. The molecule has 0 spiro atoms. The van der Waals surface area contributed by atoms with Crippen LogP contribution in [0.15, 0.2) is 60.0 Å². The van der Waals surface area contributed by atoms with Crippen LogP contribution in [0.5, 0.6) is 0 Å². The van der Waals surface area contributed by atoms with Gasteiger partial charge in [0.15, 0.2) is 0 Å². The van der Waals surface area contributed by atoms with Crippen molar-refractivity contribution in [3.63, 3.8) is 0 Å². The summed E-state index contributed by atoms with van der Waals surface area (Å²) in [5.41, 5.74) is 3.04. The van der Waals surface area contributed by atoms with Gasteiger partial charge in [-0.15, -0.1) is 11.3 Å². The van der Waals surface area contributed by atoms with E-state index in [-0.39, 0.29) is 24.8 Å². The van der Waals surface area contributed by atoms with Crippen molar-refractivity contribution in [2.45, 2.75) is 20.0 Å². The lowest BCUT2D eigenvalue weighted by Crippen LogP contribution is -2.15. The number of carbonyl (C=O) groups is 2. The first kappa shape index (κ1) is 20.4. The highest BCUT2D eigenvalue weighted by Crippen LogP contribution is 2.16. The molecule has 1 heterocycles. The van der Waals surface area contributed by atoms with E-state index in [1.807, 2.05) is 31.2 Å². The standard InChI is InChI=1S/C22H19FN2O3S/c1-15-4-2-3-5-19(15)25-20(26)12-21-24-18(14-29-21)13-28-22(27)11-8-16-6-9-17(23)10-7-16/h2-11,14H,12-13H2,1H3,(H,25,26). The average Bonchev–Trinajstić information content (AvgIpc) is 3.15. The second-order valence-corrected chi connectivity index (χ2v) is 7.21. The molecule has 0 atom stereocenters. The molecule has 0 fully saturated rings. The minimum atomic E-state index is -0.527. The number of amides is 1. The van der Waals surface area contributed by atoms with Crippen molar-refractivity contribution in [3.05, 3.63) is 87.6 Å². The van der Waals surface area contributed by atoms with Gasteiger partial charge in [-0.05, 0) is 42.3 Å². The van der Waals surface area contributed by atoms with Crippen LogP contribution < -0.4 is 5.32 Å². The molecule has 0 saturated heterocycles. The highest BCUT2D eigenvalue weighted by Gasteiger charge is 2.10. The van der Waals surface area contributed by atoms with Crippen LogP contribution in [-0.2, 0) is 27.4 Å². The van der Waals surface area contributed by atoms with E-state index in [9.17, 15) is 14.0 Å². The Kier molecular flexibility index (Phi) is 6.86. The van der Waals surface area contributed by atoms with E-state index in [2.05, 4.69) is 10.3 Å². The largest absolute Gasteiger partial charge is 0.456 e. The van der Waals surface area contributed by atoms with Crippen LogP contribution in [-0.4, -0.2) is 16.9 Å². The van der Waals surface area contributed by atoms with Crippen molar-refractivity contribution in [3.8, 4) is 0 Å². The third kappa shape index (κ3) is 6.36. The molecule has 2 aromatic carbocycles. The Hall–Kier alpha value is -3.32. The number of para-hydroxylation sites is 1. The molecule has 148 valence electrons. The third-order valence-corrected chi connectivity index (χ3v) is 4.87. The van der Waals surface area contributed by atoms with Gasteiger partial charge < -0.3 is 10.1 Å². The Morgan fingerprint density at radius 3 is 2.69 bits per heavy atom. The summed E-state index contributed by atoms with van der Waals surface area (Å²) < 4.78 is 18.0. The van der Waals surface area contributed by atoms with Gasteiger partial charge in [0.25, 0.3) is 0 Å². The summed E-state index contributed by atoms with van der Waals surface area (Å²) in [4.78, 5) is 28.3. The zero-order valence-corrected chi connectivity index (χ0v) is 16.5. The molecule has 3 rings (SSSR count). The van der Waals surface area contributed by atoms with Gasteiger partial charge in [-0.25, -0.2) is 14.2 Å². The second-order valence-electron chi connectivity index (χ2n) is 6.27. The number of anilines is 1. The van der Waals surface area contributed by atoms with Gasteiger partial charge in [-0.3, -0.25) is 4.79 Å². The molecule has 0 bridgehead atoms. The third-order valence-electron chi connectivity index (χ3n) is 3.97. The number of esters is 1. The van der Waals surface area contributed by atoms with Gasteiger partial charge in [-0.1, -0.05) is 30.3 Å². The van der Waals surface area contributed by atoms with Crippen molar-refractivity contribution >= 4 is 35.0 Å². The molecule has 0 unspecified atom stereocenters. The Morgan fingerprint density at radius 2 is 1.93 bits per heavy atom. The Morgan fingerprint density at radius 1 is 1.17 bits per heavy atom. The average molecular weight is 410 g/mol. The second kappa shape index (κ2) is 9.75. The summed E-state index contributed by atoms with van der Waals surface area (Å²) >= 11 is 1.34. The maximum Gasteiger partial charge on any atom is 0.331 e. The number of hydrogen-bond acceptors (Lipinski definition) is 5. The van der Waals surface area contributed by atoms with Crippen molar-refractivity contribution in [2.24, 2.45) is 0 Å². The van der Waals surface area contributed by atoms with Gasteiger partial charge >= 0.3 is 5.97 Å². The zero-order valence-electron chi connectivity index (χ0n) is 15.7. The fourth-order valence-corrected chi connectivity index (χ4v) is 3.25. The lowest BCUT2D eigenvalue weighted by atomic mass is 10.2. The quantitative estimate of drug-likeness (QED) is 0.459. The number of rotatable bonds is 7. The van der Waals surface area contributed by atoms with Crippen molar-refractivity contribution in [1.29, 1.82) is 0 Å². The van der Waals surface area contributed by atoms with Gasteiger partial charge in [0, 0.05) is 17.1 Å². The van der Waals surface area contributed by atoms with Crippen LogP contribution in [0.1, 0.15) is 21.8 Å². The Bertz CT molecular complexity index is 1030. The first-order valence-electron chi connectivity index (χ1n) is 8.89. The van der Waals surface area contributed by atoms with Crippen LogP contribution in [0.4, 0.5) is 10.1 Å². The molecule has 3 aromatic rings. The SMILES string of the molecule is Cc1ccccc1NC(=O)Cc1nc(COC(=O)C=Cc2ccc(F)cc2)cs1. The lowest BCUT2D eigenvalue weighted by molar-refractivity contribution is -0.139. The van der Waals surface area contributed by atoms with E-state index in [1.165, 1.54) is 29.5 Å². The molecule has 0 aliphatic carbocycles. The number of nitrogens with one attached hydrogen (secondary N) is 1. The number of carbonyl (C=O) groups excluding carboxylic acids is 2. The molecule has 1 amide bonds. The number of thiazole rings is 1. The first-order chi connectivity index (χ1) is 14.0. The number of aromatic nitrogens is 1. The number of benzene rings is 2. The molecule has 0 radical (unpaired) electrons. The maximum absolute atomic E-state index is 12.9. The molecular weight excluding hydrogens is 391 g/mol. The molecule has 1 N–H and O–H groups in total. The Labute approximate surface area is 171 Å². The van der Waals surface area contributed by atoms with Crippen molar-refractivity contribution in [2.75, 3.05) is 5.32 Å². The molecule has 1 aromatic heterocycles. The molecule has 0 aliphatic heterocycles. The van der Waals surface area contributed by atoms with Crippen molar-refractivity contribution < 1.29 is 18.7 Å². The van der Waals surface area contributed by atoms with Crippen LogP contribution >= 0.6 is 11.3 Å². The predicted molar refractivity (Wildman–Crippen MR) is 111 cm³/mol. The van der Waals surface area contributed by atoms with Gasteiger partial charge in [-0.2, -0.15) is 0 Å². The van der Waals surface area contributed by atoms with E-state index in [0.717, 1.165) is 11.3 Å². The highest BCUT2D eigenvalue weighted by atomic mass is 32.1. The van der Waals surface area contributed by atoms with Crippen LogP contribution in [0.2, 0.25) is 0 Å². The number of halogens is 1. The summed E-state index contributed by atoms with van der Waals surface area (Å²) in [7, 11) is 0. The van der Waals surface area contributed by atoms with E-state index < -0.39 is 5.97 Å². The van der Waals surface area contributed by atoms with Crippen LogP contribution in [0.25, 0.3) is 6.08 Å². The molecular formula is C22H19FN2O3S. The van der Waals surface area contributed by atoms with Crippen LogP contribution in [0.3, 0.4) is 0 Å². The minimum absolute atomic E-state index is 0.0164. The smallest absolute Gasteiger partial charge is 0.331 e. The van der Waals surface area contributed by atoms with E-state index in [0.29, 0.717) is 16.3 Å². The monoisotopic (exact) mass is 410 g/mol. The van der Waals surface area contributed by atoms with Gasteiger partial charge in [0.1, 0.15) is 17.4 Å². The number of nitrogens with zero attached hydrogens (tertiary/aromatic N) is 1. The highest BCUT2D eigenvalue weighted by molar-refractivity contribution is 7.09. The molecule has 5 nitrogen and oxygen atoms in total. The maximum atomic E-state index is 12.9. The molecule has 0 saturated carbocycles. The summed E-state index contributed by atoms with van der Waals surface area (Å²) in [5.74, 6) is -1.02. The van der Waals surface area contributed by atoms with E-state index in [1.54, 1.807) is 23.6 Å². The normalized spacial score (nSPS) is 10.8. The topological polar surface area (TPSA) is 68.3 Å². The van der Waals surface area contributed by atoms with E-state index >= 15 is 0 Å². The predicted octanol–water partition coefficient (Wildman–Crippen LogP) is 4.53. The number of ether oxygens (including phenoxy) is 1. The van der Waals surface area contributed by atoms with Gasteiger partial charge in [0.2, 0.25) is 5.91 Å². The van der Waals surface area contributed by atoms with Gasteiger partial charge in [0.05, 0.1) is 12.1 Å². The molecule has 29 heavy (non-hydrogen) atoms. The fourth-order valence-electron chi connectivity index (χ4n) is 2.47. The summed E-state index contributed by atoms with van der Waals surface area (Å²) in [6.45, 7) is 1.94. The number of hydrogen-bond donors (Lipinski definition) is 1. The molecule has 0 aliphatic rings. The lowest BCUT2D eigenvalue weighted by Gasteiger charge is -2.06. The fraction of sp³-hybridized carbons (Fsp3) is 0.136. The zero-order chi connectivity index (χ0) is 20.6. The first-order valence-corrected chi connectivity index (χ1v) is 9.77. The van der Waals surface area contributed by atoms with Crippen molar-refractivity contribution in [1.82, 2.24) is 4.98 Å². The molecule has 7 heteroatoms. The van der Waals surface area contributed by atoms with Crippen LogP contribution in [0, 0.1) is 12.7 Å². The number of aryl methyl sites for hydroxylation is 1.